The summed E-state index contributed by atoms with van der Waals surface area (Å²) in [6.45, 7) is 1.38. The summed E-state index contributed by atoms with van der Waals surface area (Å²) in [4.78, 5) is 32.8. The van der Waals surface area contributed by atoms with Gasteiger partial charge in [-0.05, 0) is 13.0 Å². The lowest BCUT2D eigenvalue weighted by atomic mass is 10.1. The molecule has 1 unspecified atom stereocenters. The summed E-state index contributed by atoms with van der Waals surface area (Å²) in [6.07, 6.45) is 0. The van der Waals surface area contributed by atoms with Gasteiger partial charge in [0.2, 0.25) is 5.91 Å². The largest absolute Gasteiger partial charge is 0.368 e. The van der Waals surface area contributed by atoms with Gasteiger partial charge in [-0.2, -0.15) is 0 Å². The van der Waals surface area contributed by atoms with Gasteiger partial charge in [-0.1, -0.05) is 11.6 Å². The first-order valence-electron chi connectivity index (χ1n) is 5.32. The zero-order chi connectivity index (χ0) is 15.4. The average molecular weight is 302 g/mol. The Hall–Kier alpha value is -2.39. The predicted octanol–water partition coefficient (Wildman–Crippen LogP) is 0.137. The zero-order valence-corrected chi connectivity index (χ0v) is 11.1. The molecule has 0 aliphatic rings. The summed E-state index contributed by atoms with van der Waals surface area (Å²) in [5.41, 5.74) is 6.43. The van der Waals surface area contributed by atoms with Crippen LogP contribution >= 0.6 is 11.6 Å². The second-order valence-corrected chi connectivity index (χ2v) is 4.26. The number of halogens is 1. The number of carbonyl (C=O) groups excluding carboxylic acids is 2. The van der Waals surface area contributed by atoms with Crippen LogP contribution in [0.15, 0.2) is 12.1 Å². The molecule has 1 atom stereocenters. The molecule has 0 bridgehead atoms. The van der Waals surface area contributed by atoms with Gasteiger partial charge in [0.25, 0.3) is 11.6 Å². The van der Waals surface area contributed by atoms with Gasteiger partial charge in [0, 0.05) is 11.6 Å². The molecule has 1 aromatic carbocycles. The number of carbonyl (C=O) groups is 2. The number of rotatable bonds is 5. The van der Waals surface area contributed by atoms with Crippen molar-refractivity contribution in [3.05, 3.63) is 32.8 Å². The van der Waals surface area contributed by atoms with E-state index in [0.29, 0.717) is 0 Å². The zero-order valence-electron chi connectivity index (χ0n) is 10.3. The van der Waals surface area contributed by atoms with Crippen molar-refractivity contribution in [2.75, 3.05) is 5.43 Å². The second kappa shape index (κ2) is 6.17. The van der Waals surface area contributed by atoms with E-state index in [4.69, 9.17) is 23.2 Å². The van der Waals surface area contributed by atoms with E-state index >= 15 is 0 Å². The fourth-order valence-electron chi connectivity index (χ4n) is 1.36. The number of hydrazine groups is 1. The second-order valence-electron chi connectivity index (χ2n) is 3.85. The molecule has 1 rings (SSSR count). The molecule has 0 radical (unpaired) electrons. The first-order chi connectivity index (χ1) is 9.27. The molecule has 10 heteroatoms. The van der Waals surface area contributed by atoms with Crippen LogP contribution in [0.2, 0.25) is 5.02 Å². The summed E-state index contributed by atoms with van der Waals surface area (Å²) in [6, 6.07) is 1.25. The number of nitrogens with one attached hydrogen (secondary N) is 2. The number of nitrogens with two attached hydrogens (primary N) is 2. The summed E-state index contributed by atoms with van der Waals surface area (Å²) in [7, 11) is 0. The average Bonchev–Trinajstić information content (AvgIpc) is 2.37. The third-order valence-electron chi connectivity index (χ3n) is 2.45. The molecule has 0 aliphatic carbocycles. The van der Waals surface area contributed by atoms with Crippen LogP contribution < -0.4 is 22.3 Å². The normalized spacial score (nSPS) is 11.6. The molecule has 0 saturated heterocycles. The number of nitrogens with zero attached hydrogens (tertiary/aromatic N) is 1. The highest BCUT2D eigenvalue weighted by Crippen LogP contribution is 2.32. The highest BCUT2D eigenvalue weighted by molar-refractivity contribution is 6.34. The van der Waals surface area contributed by atoms with E-state index < -0.39 is 28.5 Å². The van der Waals surface area contributed by atoms with Gasteiger partial charge in [0.05, 0.1) is 9.95 Å². The number of benzene rings is 1. The van der Waals surface area contributed by atoms with E-state index in [0.717, 1.165) is 6.07 Å². The SMILES string of the molecule is CC(NC(=O)c1cc(Cl)c(NN)c([N+](=O)[O-])c1)C(N)=O. The molecule has 20 heavy (non-hydrogen) atoms. The first kappa shape index (κ1) is 15.7. The maximum absolute atomic E-state index is 11.8. The van der Waals surface area contributed by atoms with Gasteiger partial charge in [-0.3, -0.25) is 25.5 Å². The van der Waals surface area contributed by atoms with Crippen molar-refractivity contribution in [2.45, 2.75) is 13.0 Å². The van der Waals surface area contributed by atoms with Gasteiger partial charge in [0.15, 0.2) is 0 Å². The topological polar surface area (TPSA) is 153 Å². The van der Waals surface area contributed by atoms with Crippen molar-refractivity contribution < 1.29 is 14.5 Å². The van der Waals surface area contributed by atoms with Gasteiger partial charge < -0.3 is 16.5 Å². The fourth-order valence-corrected chi connectivity index (χ4v) is 1.63. The van der Waals surface area contributed by atoms with Crippen LogP contribution in [0, 0.1) is 10.1 Å². The Morgan fingerprint density at radius 1 is 1.45 bits per heavy atom. The lowest BCUT2D eigenvalue weighted by Crippen LogP contribution is -2.42. The monoisotopic (exact) mass is 301 g/mol. The lowest BCUT2D eigenvalue weighted by Gasteiger charge is -2.11. The molecule has 0 fully saturated rings. The number of nitrogen functional groups attached to an aromatic ring is 1. The van der Waals surface area contributed by atoms with Gasteiger partial charge in [-0.25, -0.2) is 0 Å². The minimum atomic E-state index is -0.923. The maximum Gasteiger partial charge on any atom is 0.295 e. The Balaban J connectivity index is 3.17. The number of anilines is 1. The van der Waals surface area contributed by atoms with Crippen LogP contribution in [0.1, 0.15) is 17.3 Å². The molecule has 6 N–H and O–H groups in total. The number of hydrogen-bond donors (Lipinski definition) is 4. The van der Waals surface area contributed by atoms with Crippen LogP contribution in [0.5, 0.6) is 0 Å². The summed E-state index contributed by atoms with van der Waals surface area (Å²) < 4.78 is 0. The van der Waals surface area contributed by atoms with Gasteiger partial charge in [0.1, 0.15) is 11.7 Å². The number of amides is 2. The number of nitro groups is 1. The minimum Gasteiger partial charge on any atom is -0.368 e. The van der Waals surface area contributed by atoms with E-state index in [9.17, 15) is 19.7 Å². The summed E-state index contributed by atoms with van der Waals surface area (Å²) >= 11 is 5.80. The molecular weight excluding hydrogens is 290 g/mol. The Morgan fingerprint density at radius 2 is 2.05 bits per heavy atom. The van der Waals surface area contributed by atoms with Crippen molar-refractivity contribution in [1.82, 2.24) is 5.32 Å². The van der Waals surface area contributed by atoms with Gasteiger partial charge >= 0.3 is 0 Å². The maximum atomic E-state index is 11.8. The van der Waals surface area contributed by atoms with Crippen molar-refractivity contribution in [2.24, 2.45) is 11.6 Å². The van der Waals surface area contributed by atoms with E-state index in [1.165, 1.54) is 13.0 Å². The molecule has 9 nitrogen and oxygen atoms in total. The Kier molecular flexibility index (Phi) is 4.83. The third kappa shape index (κ3) is 3.33. The molecule has 0 saturated carbocycles. The van der Waals surface area contributed by atoms with Crippen molar-refractivity contribution >= 4 is 34.8 Å². The third-order valence-corrected chi connectivity index (χ3v) is 2.75. The number of nitro benzene ring substituents is 1. The van der Waals surface area contributed by atoms with Crippen molar-refractivity contribution in [3.8, 4) is 0 Å². The molecule has 0 heterocycles. The minimum absolute atomic E-state index is 0.0891. The molecule has 0 aliphatic heterocycles. The van der Waals surface area contributed by atoms with Crippen LogP contribution in [0.3, 0.4) is 0 Å². The molecule has 2 amide bonds. The molecule has 0 spiro atoms. The molecule has 108 valence electrons. The summed E-state index contributed by atoms with van der Waals surface area (Å²) in [5, 5.41) is 13.1. The molecular formula is C10H12ClN5O4. The Bertz CT molecular complexity index is 577. The fraction of sp³-hybridized carbons (Fsp3) is 0.200. The smallest absolute Gasteiger partial charge is 0.295 e. The van der Waals surface area contributed by atoms with Crippen LogP contribution in [-0.2, 0) is 4.79 Å². The lowest BCUT2D eigenvalue weighted by molar-refractivity contribution is -0.384. The van der Waals surface area contributed by atoms with E-state index in [-0.39, 0.29) is 16.3 Å². The predicted molar refractivity (Wildman–Crippen MR) is 72.0 cm³/mol. The van der Waals surface area contributed by atoms with Gasteiger partial charge in [-0.15, -0.1) is 0 Å². The van der Waals surface area contributed by atoms with Crippen molar-refractivity contribution in [3.63, 3.8) is 0 Å². The van der Waals surface area contributed by atoms with Crippen LogP contribution in [0.25, 0.3) is 0 Å². The Labute approximate surface area is 118 Å². The molecule has 0 aromatic heterocycles. The number of primary amides is 1. The van der Waals surface area contributed by atoms with E-state index in [1.54, 1.807) is 0 Å². The molecule has 1 aromatic rings. The first-order valence-corrected chi connectivity index (χ1v) is 5.70. The quantitative estimate of drug-likeness (QED) is 0.344. The highest BCUT2D eigenvalue weighted by atomic mass is 35.5. The summed E-state index contributed by atoms with van der Waals surface area (Å²) in [5.74, 6) is 3.68. The van der Waals surface area contributed by atoms with Crippen LogP contribution in [-0.4, -0.2) is 22.8 Å². The van der Waals surface area contributed by atoms with Crippen LogP contribution in [0.4, 0.5) is 11.4 Å². The van der Waals surface area contributed by atoms with Crippen molar-refractivity contribution in [1.29, 1.82) is 0 Å². The highest BCUT2D eigenvalue weighted by Gasteiger charge is 2.22. The standard InChI is InChI=1S/C10H12ClN5O4/c1-4(9(12)17)14-10(18)5-2-6(11)8(15-13)7(3-5)16(19)20/h2-4,15H,13H2,1H3,(H2,12,17)(H,14,18). The van der Waals surface area contributed by atoms with E-state index in [1.807, 2.05) is 0 Å². The Morgan fingerprint density at radius 3 is 2.50 bits per heavy atom. The number of hydrogen-bond acceptors (Lipinski definition) is 6. The van der Waals surface area contributed by atoms with E-state index in [2.05, 4.69) is 10.7 Å².